The van der Waals surface area contributed by atoms with Crippen LogP contribution in [0.4, 0.5) is 0 Å². The van der Waals surface area contributed by atoms with Gasteiger partial charge >= 0.3 is 5.97 Å². The predicted molar refractivity (Wildman–Crippen MR) is 74.9 cm³/mol. The van der Waals surface area contributed by atoms with Crippen LogP contribution in [0, 0.1) is 0 Å². The summed E-state index contributed by atoms with van der Waals surface area (Å²) in [6.07, 6.45) is 0. The van der Waals surface area contributed by atoms with E-state index in [1.54, 1.807) is 7.05 Å². The fraction of sp³-hybridized carbons (Fsp3) is 0.533. The molecular weight excluding hydrogens is 242 g/mol. The van der Waals surface area contributed by atoms with E-state index in [0.29, 0.717) is 0 Å². The summed E-state index contributed by atoms with van der Waals surface area (Å²) in [4.78, 5) is 12.2. The number of rotatable bonds is 5. The number of carbonyl (C=O) groups is 1. The number of nitrogens with one attached hydrogen (secondary N) is 1. The first kappa shape index (κ1) is 15.7. The minimum atomic E-state index is -0.983. The Morgan fingerprint density at radius 3 is 2.21 bits per heavy atom. The van der Waals surface area contributed by atoms with Gasteiger partial charge in [0.25, 0.3) is 0 Å². The lowest BCUT2D eigenvalue weighted by atomic mass is 9.90. The molecule has 4 nitrogen and oxygen atoms in total. The van der Waals surface area contributed by atoms with Gasteiger partial charge in [0.1, 0.15) is 0 Å². The van der Waals surface area contributed by atoms with Crippen LogP contribution >= 0.6 is 0 Å². The van der Waals surface area contributed by atoms with Gasteiger partial charge in [-0.2, -0.15) is 0 Å². The molecule has 0 aliphatic heterocycles. The lowest BCUT2D eigenvalue weighted by Crippen LogP contribution is -2.53. The third-order valence-corrected chi connectivity index (χ3v) is 2.95. The van der Waals surface area contributed by atoms with Gasteiger partial charge in [0, 0.05) is 0 Å². The number of hydrogen-bond acceptors (Lipinski definition) is 4. The molecule has 0 bridgehead atoms. The third-order valence-electron chi connectivity index (χ3n) is 2.95. The number of hydrogen-bond donors (Lipinski definition) is 1. The second-order valence-electron chi connectivity index (χ2n) is 5.41. The predicted octanol–water partition coefficient (Wildman–Crippen LogP) is 2.09. The highest BCUT2D eigenvalue weighted by Gasteiger charge is 2.41. The Balaban J connectivity index is 3.12. The maximum Gasteiger partial charge on any atom is 0.333 e. The van der Waals surface area contributed by atoms with E-state index < -0.39 is 5.54 Å². The van der Waals surface area contributed by atoms with Crippen molar-refractivity contribution in [3.8, 4) is 0 Å². The molecular formula is C15H23NO3. The van der Waals surface area contributed by atoms with Gasteiger partial charge in [-0.05, 0) is 33.4 Å². The Bertz CT molecular complexity index is 411. The second-order valence-corrected chi connectivity index (χ2v) is 5.41. The fourth-order valence-electron chi connectivity index (χ4n) is 1.80. The molecule has 0 saturated heterocycles. The van der Waals surface area contributed by atoms with Crippen molar-refractivity contribution < 1.29 is 14.3 Å². The lowest BCUT2D eigenvalue weighted by molar-refractivity contribution is -0.154. The number of methoxy groups -OCH3 is 1. The van der Waals surface area contributed by atoms with Gasteiger partial charge in [-0.1, -0.05) is 30.3 Å². The quantitative estimate of drug-likeness (QED) is 0.828. The minimum absolute atomic E-state index is 0.212. The molecule has 0 amide bonds. The zero-order valence-corrected chi connectivity index (χ0v) is 12.3. The van der Waals surface area contributed by atoms with Crippen LogP contribution in [0.5, 0.6) is 0 Å². The first-order valence-corrected chi connectivity index (χ1v) is 6.32. The fourth-order valence-corrected chi connectivity index (χ4v) is 1.80. The number of ether oxygens (including phenoxy) is 2. The highest BCUT2D eigenvalue weighted by Crippen LogP contribution is 2.25. The van der Waals surface area contributed by atoms with Crippen LogP contribution in [0.1, 0.15) is 26.3 Å². The van der Waals surface area contributed by atoms with Crippen LogP contribution in [-0.2, 0) is 19.8 Å². The van der Waals surface area contributed by atoms with Crippen LogP contribution in [0.2, 0.25) is 0 Å². The Hall–Kier alpha value is -1.39. The largest absolute Gasteiger partial charge is 0.467 e. The second kappa shape index (κ2) is 6.17. The molecule has 1 unspecified atom stereocenters. The molecule has 1 aromatic rings. The molecule has 106 valence electrons. The van der Waals surface area contributed by atoms with Crippen molar-refractivity contribution in [3.05, 3.63) is 35.9 Å². The van der Waals surface area contributed by atoms with Crippen molar-refractivity contribution in [2.24, 2.45) is 0 Å². The Labute approximate surface area is 115 Å². The van der Waals surface area contributed by atoms with E-state index in [9.17, 15) is 4.79 Å². The molecule has 1 aromatic carbocycles. The van der Waals surface area contributed by atoms with E-state index >= 15 is 0 Å². The van der Waals surface area contributed by atoms with Crippen LogP contribution in [-0.4, -0.2) is 32.3 Å². The van der Waals surface area contributed by atoms with E-state index in [4.69, 9.17) is 9.47 Å². The average Bonchev–Trinajstić information content (AvgIpc) is 2.39. The Morgan fingerprint density at radius 2 is 1.79 bits per heavy atom. The van der Waals surface area contributed by atoms with Gasteiger partial charge < -0.3 is 9.47 Å². The van der Waals surface area contributed by atoms with E-state index in [2.05, 4.69) is 5.32 Å². The summed E-state index contributed by atoms with van der Waals surface area (Å²) >= 11 is 0. The number of carbonyl (C=O) groups excluding carboxylic acids is 1. The van der Waals surface area contributed by atoms with Crippen LogP contribution in [0.25, 0.3) is 0 Å². The topological polar surface area (TPSA) is 47.6 Å². The third kappa shape index (κ3) is 3.78. The normalized spacial score (nSPS) is 14.8. The molecule has 19 heavy (non-hydrogen) atoms. The van der Waals surface area contributed by atoms with Crippen molar-refractivity contribution in [2.45, 2.75) is 31.9 Å². The molecule has 1 N–H and O–H groups in total. The van der Waals surface area contributed by atoms with Crippen LogP contribution in [0.3, 0.4) is 0 Å². The van der Waals surface area contributed by atoms with Crippen molar-refractivity contribution >= 4 is 5.97 Å². The van der Waals surface area contributed by atoms with Crippen molar-refractivity contribution in [1.82, 2.24) is 5.32 Å². The molecule has 0 radical (unpaired) electrons. The number of likely N-dealkylation sites (N-methyl/N-ethyl adjacent to an activating group) is 1. The van der Waals surface area contributed by atoms with Gasteiger partial charge in [0.05, 0.1) is 19.3 Å². The molecule has 0 aliphatic rings. The van der Waals surface area contributed by atoms with Crippen molar-refractivity contribution in [2.75, 3.05) is 20.8 Å². The van der Waals surface area contributed by atoms with Crippen LogP contribution < -0.4 is 5.32 Å². The Kier molecular flexibility index (Phi) is 5.09. The van der Waals surface area contributed by atoms with E-state index in [1.165, 1.54) is 7.11 Å². The van der Waals surface area contributed by atoms with Gasteiger partial charge in [-0.3, -0.25) is 5.32 Å². The van der Waals surface area contributed by atoms with Gasteiger partial charge in [0.2, 0.25) is 0 Å². The molecule has 0 fully saturated rings. The molecule has 1 atom stereocenters. The van der Waals surface area contributed by atoms with Gasteiger partial charge in [-0.25, -0.2) is 4.79 Å². The summed E-state index contributed by atoms with van der Waals surface area (Å²) in [6, 6.07) is 9.47. The summed E-state index contributed by atoms with van der Waals surface area (Å²) in [6.45, 7) is 6.07. The first-order valence-electron chi connectivity index (χ1n) is 6.32. The summed E-state index contributed by atoms with van der Waals surface area (Å²) < 4.78 is 10.7. The maximum absolute atomic E-state index is 12.2. The maximum atomic E-state index is 12.2. The molecule has 0 aliphatic carbocycles. The molecule has 0 aromatic heterocycles. The van der Waals surface area contributed by atoms with E-state index in [0.717, 1.165) is 5.56 Å². The van der Waals surface area contributed by atoms with Gasteiger partial charge in [-0.15, -0.1) is 0 Å². The first-order chi connectivity index (χ1) is 8.85. The van der Waals surface area contributed by atoms with Gasteiger partial charge in [0.15, 0.2) is 5.54 Å². The summed E-state index contributed by atoms with van der Waals surface area (Å²) in [5.74, 6) is -0.356. The summed E-state index contributed by atoms with van der Waals surface area (Å²) in [5, 5.41) is 3.06. The van der Waals surface area contributed by atoms with Crippen LogP contribution in [0.15, 0.2) is 30.3 Å². The zero-order valence-electron chi connectivity index (χ0n) is 12.3. The average molecular weight is 265 g/mol. The number of esters is 1. The highest BCUT2D eigenvalue weighted by molar-refractivity contribution is 5.82. The van der Waals surface area contributed by atoms with Crippen molar-refractivity contribution in [1.29, 1.82) is 0 Å². The monoisotopic (exact) mass is 265 g/mol. The standard InChI is InChI=1S/C15H23NO3/c1-14(2,3)19-11-15(16-4,13(17)18-5)12-9-7-6-8-10-12/h6-10,16H,11H2,1-5H3. The zero-order chi connectivity index (χ0) is 14.5. The minimum Gasteiger partial charge on any atom is -0.467 e. The lowest BCUT2D eigenvalue weighted by Gasteiger charge is -2.33. The molecule has 0 heterocycles. The summed E-state index contributed by atoms with van der Waals surface area (Å²) in [7, 11) is 3.12. The number of benzene rings is 1. The molecule has 0 spiro atoms. The highest BCUT2D eigenvalue weighted by atomic mass is 16.5. The van der Waals surface area contributed by atoms with Crippen molar-refractivity contribution in [3.63, 3.8) is 0 Å². The Morgan fingerprint density at radius 1 is 1.21 bits per heavy atom. The summed E-state index contributed by atoms with van der Waals surface area (Å²) in [5.41, 5.74) is -0.484. The van der Waals surface area contributed by atoms with E-state index in [1.807, 2.05) is 51.1 Å². The smallest absolute Gasteiger partial charge is 0.333 e. The molecule has 4 heteroatoms. The molecule has 0 saturated carbocycles. The molecule has 1 rings (SSSR count). The SMILES string of the molecule is CNC(COC(C)(C)C)(C(=O)OC)c1ccccc1. The van der Waals surface area contributed by atoms with E-state index in [-0.39, 0.29) is 18.2 Å².